The highest BCUT2D eigenvalue weighted by Gasteiger charge is 2.15. The van der Waals surface area contributed by atoms with Crippen LogP contribution in [-0.2, 0) is 19.4 Å². The first kappa shape index (κ1) is 18.7. The lowest BCUT2D eigenvalue weighted by molar-refractivity contribution is 0.269. The zero-order valence-corrected chi connectivity index (χ0v) is 17.3. The van der Waals surface area contributed by atoms with Crippen LogP contribution in [0.15, 0.2) is 67.8 Å². The molecule has 0 atom stereocenters. The van der Waals surface area contributed by atoms with Crippen LogP contribution in [0.3, 0.4) is 0 Å². The molecule has 0 saturated carbocycles. The standard InChI is InChI=1S/C22H20N4O3S/c1-30-22-25-24-21(20-6-3-11-27-20)26(22)23-13-18-9-10-19(29-18)14-28-17-8-7-15-4-2-5-16(15)12-17/h3,6-13H,2,4-5,14H2,1H3/b23-13+. The zero-order valence-electron chi connectivity index (χ0n) is 16.4. The molecule has 5 rings (SSSR count). The van der Waals surface area contributed by atoms with Crippen molar-refractivity contribution in [2.24, 2.45) is 5.10 Å². The molecule has 1 aromatic carbocycles. The molecule has 1 aliphatic rings. The van der Waals surface area contributed by atoms with Crippen LogP contribution in [0.2, 0.25) is 0 Å². The largest absolute Gasteiger partial charge is 0.486 e. The molecule has 7 nitrogen and oxygen atoms in total. The van der Waals surface area contributed by atoms with E-state index in [1.165, 1.54) is 35.7 Å². The predicted molar refractivity (Wildman–Crippen MR) is 114 cm³/mol. The Bertz CT molecular complexity index is 1180. The number of rotatable bonds is 7. The van der Waals surface area contributed by atoms with E-state index in [9.17, 15) is 0 Å². The number of hydrogen-bond acceptors (Lipinski definition) is 7. The molecule has 1 aliphatic carbocycles. The van der Waals surface area contributed by atoms with Crippen molar-refractivity contribution in [1.29, 1.82) is 0 Å². The topological polar surface area (TPSA) is 78.6 Å². The molecule has 0 saturated heterocycles. The minimum Gasteiger partial charge on any atom is -0.486 e. The highest BCUT2D eigenvalue weighted by molar-refractivity contribution is 7.98. The predicted octanol–water partition coefficient (Wildman–Crippen LogP) is 4.80. The Kier molecular flexibility index (Phi) is 5.15. The second-order valence-corrected chi connectivity index (χ2v) is 7.69. The van der Waals surface area contributed by atoms with E-state index in [0.717, 1.165) is 17.9 Å². The van der Waals surface area contributed by atoms with Crippen molar-refractivity contribution in [3.05, 3.63) is 71.4 Å². The van der Waals surface area contributed by atoms with Gasteiger partial charge in [0, 0.05) is 0 Å². The van der Waals surface area contributed by atoms with Gasteiger partial charge in [0.15, 0.2) is 5.76 Å². The van der Waals surface area contributed by atoms with E-state index in [-0.39, 0.29) is 0 Å². The van der Waals surface area contributed by atoms with E-state index < -0.39 is 0 Å². The van der Waals surface area contributed by atoms with Gasteiger partial charge in [0.1, 0.15) is 23.9 Å². The summed E-state index contributed by atoms with van der Waals surface area (Å²) >= 11 is 1.45. The van der Waals surface area contributed by atoms with Crippen LogP contribution in [0.1, 0.15) is 29.1 Å². The maximum Gasteiger partial charge on any atom is 0.221 e. The number of thioether (sulfide) groups is 1. The van der Waals surface area contributed by atoms with Gasteiger partial charge in [-0.25, -0.2) is 0 Å². The molecule has 0 aliphatic heterocycles. The monoisotopic (exact) mass is 420 g/mol. The molecule has 8 heteroatoms. The highest BCUT2D eigenvalue weighted by Crippen LogP contribution is 2.27. The van der Waals surface area contributed by atoms with Crippen molar-refractivity contribution in [3.8, 4) is 17.3 Å². The number of furan rings is 2. The van der Waals surface area contributed by atoms with Crippen LogP contribution in [0, 0.1) is 0 Å². The molecular formula is C22H20N4O3S. The number of nitrogens with zero attached hydrogens (tertiary/aromatic N) is 4. The van der Waals surface area contributed by atoms with Crippen molar-refractivity contribution >= 4 is 18.0 Å². The van der Waals surface area contributed by atoms with Crippen molar-refractivity contribution in [1.82, 2.24) is 14.9 Å². The molecule has 3 heterocycles. The molecule has 152 valence electrons. The summed E-state index contributed by atoms with van der Waals surface area (Å²) in [5.74, 6) is 3.36. The van der Waals surface area contributed by atoms with Gasteiger partial charge in [0.25, 0.3) is 0 Å². The Morgan fingerprint density at radius 2 is 2.10 bits per heavy atom. The lowest BCUT2D eigenvalue weighted by Gasteiger charge is -2.06. The first-order valence-electron chi connectivity index (χ1n) is 9.71. The van der Waals surface area contributed by atoms with Crippen molar-refractivity contribution < 1.29 is 13.6 Å². The highest BCUT2D eigenvalue weighted by atomic mass is 32.2. The molecule has 0 spiro atoms. The number of aryl methyl sites for hydroxylation is 2. The van der Waals surface area contributed by atoms with Crippen LogP contribution in [0.25, 0.3) is 11.6 Å². The fourth-order valence-corrected chi connectivity index (χ4v) is 3.93. The normalized spacial score (nSPS) is 13.2. The van der Waals surface area contributed by atoms with Gasteiger partial charge >= 0.3 is 0 Å². The molecule has 4 aromatic rings. The van der Waals surface area contributed by atoms with Crippen LogP contribution >= 0.6 is 11.8 Å². The molecule has 3 aromatic heterocycles. The van der Waals surface area contributed by atoms with Crippen molar-refractivity contribution in [2.45, 2.75) is 31.0 Å². The Morgan fingerprint density at radius 1 is 1.17 bits per heavy atom. The lowest BCUT2D eigenvalue weighted by atomic mass is 10.1. The molecule has 0 fully saturated rings. The fourth-order valence-electron chi connectivity index (χ4n) is 3.50. The Balaban J connectivity index is 1.28. The van der Waals surface area contributed by atoms with Crippen LogP contribution in [0.5, 0.6) is 5.75 Å². The van der Waals surface area contributed by atoms with Crippen molar-refractivity contribution in [3.63, 3.8) is 0 Å². The van der Waals surface area contributed by atoms with E-state index in [4.69, 9.17) is 13.6 Å². The summed E-state index contributed by atoms with van der Waals surface area (Å²) in [7, 11) is 0. The van der Waals surface area contributed by atoms with Gasteiger partial charge in [0.2, 0.25) is 11.0 Å². The van der Waals surface area contributed by atoms with Gasteiger partial charge in [-0.2, -0.15) is 9.78 Å². The molecule has 0 bridgehead atoms. The SMILES string of the molecule is CSc1nnc(-c2ccco2)n1/N=C/c1ccc(COc2ccc3c(c2)CCC3)o1. The van der Waals surface area contributed by atoms with Crippen LogP contribution in [0.4, 0.5) is 0 Å². The first-order valence-corrected chi connectivity index (χ1v) is 10.9. The zero-order chi connectivity index (χ0) is 20.3. The van der Waals surface area contributed by atoms with Gasteiger partial charge in [0.05, 0.1) is 12.5 Å². The minimum atomic E-state index is 0.368. The maximum absolute atomic E-state index is 5.91. The second kappa shape index (κ2) is 8.23. The number of ether oxygens (including phenoxy) is 1. The lowest BCUT2D eigenvalue weighted by Crippen LogP contribution is -1.96. The third-order valence-corrected chi connectivity index (χ3v) is 5.59. The summed E-state index contributed by atoms with van der Waals surface area (Å²) in [5, 5.41) is 13.5. The van der Waals surface area contributed by atoms with Crippen LogP contribution in [-0.4, -0.2) is 27.3 Å². The summed E-state index contributed by atoms with van der Waals surface area (Å²) < 4.78 is 18.8. The molecule has 0 amide bonds. The maximum atomic E-state index is 5.91. The summed E-state index contributed by atoms with van der Waals surface area (Å²) in [5.41, 5.74) is 2.83. The molecule has 0 radical (unpaired) electrons. The van der Waals surface area contributed by atoms with Gasteiger partial charge in [-0.15, -0.1) is 10.2 Å². The van der Waals surface area contributed by atoms with E-state index in [2.05, 4.69) is 27.4 Å². The second-order valence-electron chi connectivity index (χ2n) is 6.92. The van der Waals surface area contributed by atoms with E-state index in [1.807, 2.05) is 30.5 Å². The summed E-state index contributed by atoms with van der Waals surface area (Å²) in [6, 6.07) is 13.7. The van der Waals surface area contributed by atoms with Gasteiger partial charge in [-0.3, -0.25) is 0 Å². The quantitative estimate of drug-likeness (QED) is 0.316. The van der Waals surface area contributed by atoms with Gasteiger partial charge in [-0.1, -0.05) is 17.8 Å². The average molecular weight is 420 g/mol. The third kappa shape index (κ3) is 3.78. The molecule has 0 unspecified atom stereocenters. The number of fused-ring (bicyclic) bond motifs is 1. The Hall–Kier alpha value is -3.26. The van der Waals surface area contributed by atoms with Crippen molar-refractivity contribution in [2.75, 3.05) is 6.26 Å². The van der Waals surface area contributed by atoms with E-state index in [0.29, 0.717) is 29.1 Å². The summed E-state index contributed by atoms with van der Waals surface area (Å²) in [6.07, 6.45) is 8.68. The number of aromatic nitrogens is 3. The summed E-state index contributed by atoms with van der Waals surface area (Å²) in [6.45, 7) is 0.368. The molecular weight excluding hydrogens is 400 g/mol. The Labute approximate surface area is 177 Å². The van der Waals surface area contributed by atoms with Gasteiger partial charge < -0.3 is 13.6 Å². The average Bonchev–Trinajstić information content (AvgIpc) is 3.56. The summed E-state index contributed by atoms with van der Waals surface area (Å²) in [4.78, 5) is 0. The first-order chi connectivity index (χ1) is 14.8. The van der Waals surface area contributed by atoms with Crippen LogP contribution < -0.4 is 4.74 Å². The minimum absolute atomic E-state index is 0.368. The molecule has 0 N–H and O–H groups in total. The fraction of sp³-hybridized carbons (Fsp3) is 0.227. The smallest absolute Gasteiger partial charge is 0.221 e. The number of benzene rings is 1. The third-order valence-electron chi connectivity index (χ3n) is 4.97. The van der Waals surface area contributed by atoms with E-state index in [1.54, 1.807) is 23.2 Å². The Morgan fingerprint density at radius 3 is 2.97 bits per heavy atom. The van der Waals surface area contributed by atoms with E-state index >= 15 is 0 Å². The van der Waals surface area contributed by atoms with Gasteiger partial charge in [-0.05, 0) is 73.0 Å². The number of hydrogen-bond donors (Lipinski definition) is 0. The molecule has 30 heavy (non-hydrogen) atoms.